The van der Waals surface area contributed by atoms with Gasteiger partial charge in [-0.3, -0.25) is 4.79 Å². The van der Waals surface area contributed by atoms with Crippen molar-refractivity contribution in [2.24, 2.45) is 17.3 Å². The number of esters is 1. The average Bonchev–Trinajstić information content (AvgIpc) is 2.72. The standard InChI is InChI=1S/C11H13Cl3O2/c1-10(5-7-2-3-8(10)4-7)9(15)16-6-11(12,13)14/h2-3,7-8H,4-6H2,1H3. The van der Waals surface area contributed by atoms with E-state index < -0.39 is 9.21 Å². The summed E-state index contributed by atoms with van der Waals surface area (Å²) >= 11 is 16.6. The minimum atomic E-state index is -1.53. The lowest BCUT2D eigenvalue weighted by Gasteiger charge is -2.29. The fourth-order valence-electron chi connectivity index (χ4n) is 2.64. The second-order valence-electron chi connectivity index (χ2n) is 4.80. The molecule has 0 aliphatic heterocycles. The van der Waals surface area contributed by atoms with E-state index in [9.17, 15) is 4.79 Å². The van der Waals surface area contributed by atoms with E-state index in [0.29, 0.717) is 5.92 Å². The first kappa shape index (κ1) is 12.5. The van der Waals surface area contributed by atoms with Crippen LogP contribution in [0.1, 0.15) is 19.8 Å². The van der Waals surface area contributed by atoms with Crippen molar-refractivity contribution in [3.8, 4) is 0 Å². The highest BCUT2D eigenvalue weighted by Crippen LogP contribution is 2.52. The molecule has 0 spiro atoms. The van der Waals surface area contributed by atoms with Crippen molar-refractivity contribution in [2.45, 2.75) is 23.6 Å². The molecule has 0 radical (unpaired) electrons. The van der Waals surface area contributed by atoms with Gasteiger partial charge in [-0.15, -0.1) is 0 Å². The van der Waals surface area contributed by atoms with Crippen molar-refractivity contribution in [1.82, 2.24) is 0 Å². The first-order chi connectivity index (χ1) is 7.31. The van der Waals surface area contributed by atoms with Gasteiger partial charge in [0, 0.05) is 0 Å². The van der Waals surface area contributed by atoms with E-state index in [1.807, 2.05) is 6.92 Å². The Morgan fingerprint density at radius 1 is 1.50 bits per heavy atom. The van der Waals surface area contributed by atoms with Crippen molar-refractivity contribution in [3.63, 3.8) is 0 Å². The smallest absolute Gasteiger partial charge is 0.312 e. The Morgan fingerprint density at radius 2 is 2.19 bits per heavy atom. The molecule has 0 saturated heterocycles. The minimum absolute atomic E-state index is 0.187. The maximum Gasteiger partial charge on any atom is 0.312 e. The molecular weight excluding hydrogens is 270 g/mol. The third-order valence-corrected chi connectivity index (χ3v) is 3.84. The molecule has 2 bridgehead atoms. The summed E-state index contributed by atoms with van der Waals surface area (Å²) < 4.78 is 3.55. The third-order valence-electron chi connectivity index (χ3n) is 3.51. The Hall–Kier alpha value is 0.0800. The van der Waals surface area contributed by atoms with Crippen molar-refractivity contribution in [3.05, 3.63) is 12.2 Å². The molecule has 5 heteroatoms. The Labute approximate surface area is 110 Å². The molecule has 90 valence electrons. The summed E-state index contributed by atoms with van der Waals surface area (Å²) in [5, 5.41) is 0. The van der Waals surface area contributed by atoms with Gasteiger partial charge < -0.3 is 4.74 Å². The maximum atomic E-state index is 12.0. The van der Waals surface area contributed by atoms with E-state index in [1.54, 1.807) is 0 Å². The lowest BCUT2D eigenvalue weighted by Crippen LogP contribution is -2.35. The van der Waals surface area contributed by atoms with Crippen LogP contribution in [0, 0.1) is 17.3 Å². The highest BCUT2D eigenvalue weighted by Gasteiger charge is 2.51. The molecule has 2 rings (SSSR count). The lowest BCUT2D eigenvalue weighted by molar-refractivity contribution is -0.156. The minimum Gasteiger partial charge on any atom is -0.461 e. The highest BCUT2D eigenvalue weighted by molar-refractivity contribution is 6.67. The van der Waals surface area contributed by atoms with Gasteiger partial charge in [0.25, 0.3) is 0 Å². The summed E-state index contributed by atoms with van der Waals surface area (Å²) in [7, 11) is 0. The fraction of sp³-hybridized carbons (Fsp3) is 0.727. The normalized spacial score (nSPS) is 36.8. The molecule has 1 fully saturated rings. The quantitative estimate of drug-likeness (QED) is 0.440. The monoisotopic (exact) mass is 282 g/mol. The van der Waals surface area contributed by atoms with E-state index in [1.165, 1.54) is 0 Å². The van der Waals surface area contributed by atoms with Crippen molar-refractivity contribution in [2.75, 3.05) is 6.61 Å². The van der Waals surface area contributed by atoms with Crippen LogP contribution in [-0.2, 0) is 9.53 Å². The molecule has 0 aromatic heterocycles. The summed E-state index contributed by atoms with van der Waals surface area (Å²) in [6, 6.07) is 0. The van der Waals surface area contributed by atoms with E-state index in [0.717, 1.165) is 12.8 Å². The summed E-state index contributed by atoms with van der Waals surface area (Å²) in [5.41, 5.74) is -0.435. The Kier molecular flexibility index (Phi) is 3.19. The zero-order valence-corrected chi connectivity index (χ0v) is 11.1. The van der Waals surface area contributed by atoms with Gasteiger partial charge in [-0.2, -0.15) is 0 Å². The van der Waals surface area contributed by atoms with Gasteiger partial charge >= 0.3 is 5.97 Å². The molecule has 3 unspecified atom stereocenters. The number of ether oxygens (including phenoxy) is 1. The van der Waals surface area contributed by atoms with Gasteiger partial charge in [-0.25, -0.2) is 0 Å². The second kappa shape index (κ2) is 4.08. The molecule has 2 nitrogen and oxygen atoms in total. The molecule has 2 aliphatic rings. The Morgan fingerprint density at radius 3 is 2.62 bits per heavy atom. The molecular formula is C11H13Cl3O2. The van der Waals surface area contributed by atoms with E-state index in [-0.39, 0.29) is 18.5 Å². The van der Waals surface area contributed by atoms with Crippen LogP contribution in [0.5, 0.6) is 0 Å². The number of halogens is 3. The van der Waals surface area contributed by atoms with Crippen molar-refractivity contribution in [1.29, 1.82) is 0 Å². The number of allylic oxidation sites excluding steroid dienone is 2. The van der Waals surface area contributed by atoms with Crippen LogP contribution >= 0.6 is 34.8 Å². The van der Waals surface area contributed by atoms with Gasteiger partial charge in [0.05, 0.1) is 5.41 Å². The van der Waals surface area contributed by atoms with Crippen molar-refractivity contribution < 1.29 is 9.53 Å². The molecule has 0 heterocycles. The third kappa shape index (κ3) is 2.34. The van der Waals surface area contributed by atoms with Crippen LogP contribution in [0.2, 0.25) is 0 Å². The van der Waals surface area contributed by atoms with Gasteiger partial charge in [0.1, 0.15) is 6.61 Å². The number of rotatable bonds is 2. The predicted octanol–water partition coefficient (Wildman–Crippen LogP) is 3.50. The lowest BCUT2D eigenvalue weighted by atomic mass is 9.78. The number of carbonyl (C=O) groups is 1. The molecule has 0 aromatic carbocycles. The van der Waals surface area contributed by atoms with Crippen LogP contribution in [0.25, 0.3) is 0 Å². The van der Waals surface area contributed by atoms with Crippen molar-refractivity contribution >= 4 is 40.8 Å². The fourth-order valence-corrected chi connectivity index (χ4v) is 2.81. The zero-order chi connectivity index (χ0) is 12.0. The van der Waals surface area contributed by atoms with Gasteiger partial charge in [-0.05, 0) is 31.6 Å². The summed E-state index contributed by atoms with van der Waals surface area (Å²) in [5.74, 6) is 0.534. The van der Waals surface area contributed by atoms with Crippen LogP contribution in [-0.4, -0.2) is 16.4 Å². The van der Waals surface area contributed by atoms with Crippen LogP contribution < -0.4 is 0 Å². The van der Waals surface area contributed by atoms with E-state index in [2.05, 4.69) is 12.2 Å². The molecule has 0 amide bonds. The topological polar surface area (TPSA) is 26.3 Å². The number of fused-ring (bicyclic) bond motifs is 2. The molecule has 3 atom stereocenters. The Balaban J connectivity index is 1.98. The number of hydrogen-bond donors (Lipinski definition) is 0. The van der Waals surface area contributed by atoms with Gasteiger partial charge in [0.2, 0.25) is 3.79 Å². The largest absolute Gasteiger partial charge is 0.461 e. The van der Waals surface area contributed by atoms with Gasteiger partial charge in [-0.1, -0.05) is 47.0 Å². The number of carbonyl (C=O) groups excluding carboxylic acids is 1. The molecule has 1 saturated carbocycles. The maximum absolute atomic E-state index is 12.0. The van der Waals surface area contributed by atoms with Crippen LogP contribution in [0.3, 0.4) is 0 Å². The molecule has 2 aliphatic carbocycles. The first-order valence-corrected chi connectivity index (χ1v) is 6.37. The zero-order valence-electron chi connectivity index (χ0n) is 8.88. The number of hydrogen-bond acceptors (Lipinski definition) is 2. The van der Waals surface area contributed by atoms with Crippen LogP contribution in [0.15, 0.2) is 12.2 Å². The summed E-state index contributed by atoms with van der Waals surface area (Å²) in [6.45, 7) is 1.75. The first-order valence-electron chi connectivity index (χ1n) is 5.23. The molecule has 0 N–H and O–H groups in total. The van der Waals surface area contributed by atoms with Crippen LogP contribution in [0.4, 0.5) is 0 Å². The SMILES string of the molecule is CC1(C(=O)OCC(Cl)(Cl)Cl)CC2C=CC1C2. The summed E-state index contributed by atoms with van der Waals surface area (Å²) in [4.78, 5) is 12.0. The highest BCUT2D eigenvalue weighted by atomic mass is 35.6. The van der Waals surface area contributed by atoms with E-state index in [4.69, 9.17) is 39.5 Å². The van der Waals surface area contributed by atoms with Gasteiger partial charge in [0.15, 0.2) is 0 Å². The Bertz CT molecular complexity index is 335. The summed E-state index contributed by atoms with van der Waals surface area (Å²) in [6.07, 6.45) is 6.16. The predicted molar refractivity (Wildman–Crippen MR) is 64.7 cm³/mol. The molecule has 16 heavy (non-hydrogen) atoms. The number of alkyl halides is 3. The van der Waals surface area contributed by atoms with E-state index >= 15 is 0 Å². The molecule has 0 aromatic rings. The second-order valence-corrected chi connectivity index (χ2v) is 7.32. The average molecular weight is 284 g/mol.